The molecule has 0 spiro atoms. The monoisotopic (exact) mass is 369 g/mol. The Morgan fingerprint density at radius 1 is 0.926 bits per heavy atom. The van der Waals surface area contributed by atoms with Crippen molar-refractivity contribution in [2.45, 2.75) is 25.3 Å². The predicted molar refractivity (Wildman–Crippen MR) is 103 cm³/mol. The van der Waals surface area contributed by atoms with Gasteiger partial charge in [-0.2, -0.15) is 0 Å². The van der Waals surface area contributed by atoms with Gasteiger partial charge in [-0.15, -0.1) is 0 Å². The summed E-state index contributed by atoms with van der Waals surface area (Å²) >= 11 is 0. The highest BCUT2D eigenvalue weighted by molar-refractivity contribution is 6.00. The molecule has 0 bridgehead atoms. The van der Waals surface area contributed by atoms with Crippen molar-refractivity contribution in [2.75, 3.05) is 24.9 Å². The molecule has 0 atom stereocenters. The molecule has 2 aromatic rings. The first-order valence-electron chi connectivity index (χ1n) is 8.75. The average Bonchev–Trinajstić information content (AvgIpc) is 3.46. The van der Waals surface area contributed by atoms with E-state index in [1.165, 1.54) is 0 Å². The maximum atomic E-state index is 12.2. The van der Waals surface area contributed by atoms with Gasteiger partial charge in [-0.1, -0.05) is 12.1 Å². The highest BCUT2D eigenvalue weighted by atomic mass is 16.5. The first kappa shape index (κ1) is 18.6. The summed E-state index contributed by atoms with van der Waals surface area (Å²) in [5.74, 6) is 1.19. The molecule has 0 heterocycles. The molecule has 2 aromatic carbocycles. The van der Waals surface area contributed by atoms with Crippen LogP contribution in [0.2, 0.25) is 0 Å². The van der Waals surface area contributed by atoms with Crippen LogP contribution in [0, 0.1) is 0 Å². The lowest BCUT2D eigenvalue weighted by atomic mass is 10.1. The molecule has 1 aliphatic carbocycles. The Morgan fingerprint density at radius 2 is 1.52 bits per heavy atom. The van der Waals surface area contributed by atoms with Crippen LogP contribution in [-0.4, -0.2) is 32.2 Å². The Hall–Kier alpha value is -3.22. The summed E-state index contributed by atoms with van der Waals surface area (Å²) in [6.07, 6.45) is 2.48. The van der Waals surface area contributed by atoms with E-state index in [4.69, 9.17) is 9.47 Å². The lowest BCUT2D eigenvalue weighted by Crippen LogP contribution is -2.26. The summed E-state index contributed by atoms with van der Waals surface area (Å²) in [6.45, 7) is 0. The Morgan fingerprint density at radius 3 is 2.07 bits per heavy atom. The molecule has 3 N–H and O–H groups in total. The molecule has 1 aliphatic rings. The Labute approximate surface area is 158 Å². The highest BCUT2D eigenvalue weighted by Gasteiger charge is 2.23. The van der Waals surface area contributed by atoms with Crippen LogP contribution < -0.4 is 25.4 Å². The molecule has 3 rings (SSSR count). The summed E-state index contributed by atoms with van der Waals surface area (Å²) in [4.78, 5) is 24.0. The van der Waals surface area contributed by atoms with E-state index < -0.39 is 0 Å². The maximum absolute atomic E-state index is 12.2. The fourth-order valence-electron chi connectivity index (χ4n) is 2.57. The fraction of sp³-hybridized carbons (Fsp3) is 0.300. The minimum atomic E-state index is -0.385. The zero-order chi connectivity index (χ0) is 19.2. The van der Waals surface area contributed by atoms with Crippen LogP contribution in [0.25, 0.3) is 0 Å². The van der Waals surface area contributed by atoms with Crippen LogP contribution in [0.5, 0.6) is 11.5 Å². The van der Waals surface area contributed by atoms with E-state index in [1.807, 2.05) is 12.1 Å². The van der Waals surface area contributed by atoms with Gasteiger partial charge in [-0.25, -0.2) is 4.79 Å². The number of anilines is 2. The van der Waals surface area contributed by atoms with Gasteiger partial charge in [0.15, 0.2) is 0 Å². The number of methoxy groups -OCH3 is 2. The van der Waals surface area contributed by atoms with Crippen molar-refractivity contribution >= 4 is 23.3 Å². The smallest absolute Gasteiger partial charge is 0.323 e. The van der Waals surface area contributed by atoms with Gasteiger partial charge in [0.05, 0.1) is 20.6 Å². The molecule has 0 unspecified atom stereocenters. The van der Waals surface area contributed by atoms with Gasteiger partial charge in [0.2, 0.25) is 5.91 Å². The lowest BCUT2D eigenvalue weighted by molar-refractivity contribution is -0.120. The number of ether oxygens (including phenoxy) is 2. The molecule has 1 fully saturated rings. The molecule has 1 saturated carbocycles. The van der Waals surface area contributed by atoms with E-state index in [-0.39, 0.29) is 11.9 Å². The summed E-state index contributed by atoms with van der Waals surface area (Å²) in [5, 5.41) is 8.45. The Balaban J connectivity index is 1.55. The lowest BCUT2D eigenvalue weighted by Gasteiger charge is -2.11. The van der Waals surface area contributed by atoms with E-state index in [0.717, 1.165) is 18.4 Å². The van der Waals surface area contributed by atoms with Crippen molar-refractivity contribution in [3.63, 3.8) is 0 Å². The van der Waals surface area contributed by atoms with Crippen molar-refractivity contribution in [2.24, 2.45) is 0 Å². The van der Waals surface area contributed by atoms with Crippen molar-refractivity contribution < 1.29 is 19.1 Å². The molecule has 0 radical (unpaired) electrons. The zero-order valence-electron chi connectivity index (χ0n) is 15.4. The Kier molecular flexibility index (Phi) is 5.80. The number of benzene rings is 2. The topological polar surface area (TPSA) is 88.7 Å². The van der Waals surface area contributed by atoms with Crippen LogP contribution >= 0.6 is 0 Å². The van der Waals surface area contributed by atoms with Crippen LogP contribution in [-0.2, 0) is 11.2 Å². The molecule has 7 heteroatoms. The van der Waals surface area contributed by atoms with Crippen molar-refractivity contribution in [1.82, 2.24) is 5.32 Å². The van der Waals surface area contributed by atoms with Gasteiger partial charge < -0.3 is 25.4 Å². The predicted octanol–water partition coefficient (Wildman–Crippen LogP) is 3.17. The van der Waals surface area contributed by atoms with Crippen LogP contribution in [0.4, 0.5) is 16.2 Å². The SMILES string of the molecule is COc1cc(NC(=O)Nc2ccc(CC(=O)NC3CC3)cc2)cc(OC)c1. The van der Waals surface area contributed by atoms with E-state index in [9.17, 15) is 9.59 Å². The largest absolute Gasteiger partial charge is 0.497 e. The number of hydrogen-bond acceptors (Lipinski definition) is 4. The zero-order valence-corrected chi connectivity index (χ0v) is 15.4. The molecule has 0 aromatic heterocycles. The number of carbonyl (C=O) groups excluding carboxylic acids is 2. The number of hydrogen-bond donors (Lipinski definition) is 3. The minimum Gasteiger partial charge on any atom is -0.497 e. The van der Waals surface area contributed by atoms with Crippen molar-refractivity contribution in [3.05, 3.63) is 48.0 Å². The Bertz CT molecular complexity index is 794. The number of urea groups is 1. The van der Waals surface area contributed by atoms with E-state index in [1.54, 1.807) is 44.6 Å². The fourth-order valence-corrected chi connectivity index (χ4v) is 2.57. The average molecular weight is 369 g/mol. The molecular weight excluding hydrogens is 346 g/mol. The normalized spacial score (nSPS) is 12.8. The second kappa shape index (κ2) is 8.44. The third-order valence-corrected chi connectivity index (χ3v) is 4.13. The maximum Gasteiger partial charge on any atom is 0.323 e. The summed E-state index contributed by atoms with van der Waals surface area (Å²) in [6, 6.07) is 12.3. The van der Waals surface area contributed by atoms with Crippen molar-refractivity contribution in [1.29, 1.82) is 0 Å². The van der Waals surface area contributed by atoms with E-state index in [2.05, 4.69) is 16.0 Å². The molecule has 0 aliphatic heterocycles. The minimum absolute atomic E-state index is 0.0305. The second-order valence-corrected chi connectivity index (χ2v) is 6.40. The van der Waals surface area contributed by atoms with Crippen molar-refractivity contribution in [3.8, 4) is 11.5 Å². The molecule has 142 valence electrons. The van der Waals surface area contributed by atoms with Gasteiger partial charge in [0.1, 0.15) is 11.5 Å². The number of amides is 3. The van der Waals surface area contributed by atoms with E-state index >= 15 is 0 Å². The standard InChI is InChI=1S/C20H23N3O4/c1-26-17-10-16(11-18(12-17)27-2)23-20(25)22-15-5-3-13(4-6-15)9-19(24)21-14-7-8-14/h3-6,10-12,14H,7-9H2,1-2H3,(H,21,24)(H2,22,23,25). The molecular formula is C20H23N3O4. The van der Waals surface area contributed by atoms with Crippen LogP contribution in [0.3, 0.4) is 0 Å². The molecule has 0 saturated heterocycles. The molecule has 27 heavy (non-hydrogen) atoms. The van der Waals surface area contributed by atoms with Gasteiger partial charge in [-0.3, -0.25) is 4.79 Å². The summed E-state index contributed by atoms with van der Waals surface area (Å²) in [5.41, 5.74) is 2.09. The number of rotatable bonds is 7. The van der Waals surface area contributed by atoms with Crippen LogP contribution in [0.1, 0.15) is 18.4 Å². The quantitative estimate of drug-likeness (QED) is 0.699. The summed E-state index contributed by atoms with van der Waals surface area (Å²) in [7, 11) is 3.09. The van der Waals surface area contributed by atoms with Gasteiger partial charge in [0, 0.05) is 35.6 Å². The third-order valence-electron chi connectivity index (χ3n) is 4.13. The third kappa shape index (κ3) is 5.64. The highest BCUT2D eigenvalue weighted by Crippen LogP contribution is 2.26. The second-order valence-electron chi connectivity index (χ2n) is 6.40. The first-order valence-corrected chi connectivity index (χ1v) is 8.75. The first-order chi connectivity index (χ1) is 13.1. The van der Waals surface area contributed by atoms with Gasteiger partial charge in [0.25, 0.3) is 0 Å². The molecule has 7 nitrogen and oxygen atoms in total. The van der Waals surface area contributed by atoms with Crippen LogP contribution in [0.15, 0.2) is 42.5 Å². The molecule has 3 amide bonds. The summed E-state index contributed by atoms with van der Waals surface area (Å²) < 4.78 is 10.4. The number of carbonyl (C=O) groups is 2. The van der Waals surface area contributed by atoms with Gasteiger partial charge in [-0.05, 0) is 30.5 Å². The van der Waals surface area contributed by atoms with Gasteiger partial charge >= 0.3 is 6.03 Å². The number of nitrogens with one attached hydrogen (secondary N) is 3. The van der Waals surface area contributed by atoms with E-state index in [0.29, 0.717) is 35.3 Å².